The average Bonchev–Trinajstić information content (AvgIpc) is 2.63. The van der Waals surface area contributed by atoms with E-state index in [1.165, 1.54) is 12.1 Å². The van der Waals surface area contributed by atoms with Gasteiger partial charge in [0.1, 0.15) is 5.82 Å². The molecule has 1 aliphatic heterocycles. The van der Waals surface area contributed by atoms with Gasteiger partial charge in [-0.3, -0.25) is 0 Å². The first-order chi connectivity index (χ1) is 8.58. The van der Waals surface area contributed by atoms with Gasteiger partial charge in [0.05, 0.1) is 10.9 Å². The van der Waals surface area contributed by atoms with Crippen LogP contribution in [0.2, 0.25) is 0 Å². The molecule has 3 rings (SSSR count). The molecule has 18 heavy (non-hydrogen) atoms. The van der Waals surface area contributed by atoms with Gasteiger partial charge in [-0.05, 0) is 29.3 Å². The molecular formula is C13H10FNO2S. The molecule has 1 unspecified atom stereocenters. The Labute approximate surface area is 104 Å². The highest BCUT2D eigenvalue weighted by Gasteiger charge is 2.34. The number of hydrogen-bond donors (Lipinski definition) is 1. The lowest BCUT2D eigenvalue weighted by atomic mass is 10.00. The third-order valence-electron chi connectivity index (χ3n) is 2.97. The fraction of sp³-hybridized carbons (Fsp3) is 0.0769. The van der Waals surface area contributed by atoms with E-state index < -0.39 is 16.1 Å². The van der Waals surface area contributed by atoms with E-state index >= 15 is 0 Å². The number of sulfonamides is 1. The van der Waals surface area contributed by atoms with Gasteiger partial charge in [-0.1, -0.05) is 30.3 Å². The van der Waals surface area contributed by atoms with Gasteiger partial charge in [-0.15, -0.1) is 0 Å². The molecule has 0 aliphatic carbocycles. The molecule has 0 radical (unpaired) electrons. The van der Waals surface area contributed by atoms with Crippen LogP contribution in [0.15, 0.2) is 53.4 Å². The largest absolute Gasteiger partial charge is 0.241 e. The maximum Gasteiger partial charge on any atom is 0.241 e. The van der Waals surface area contributed by atoms with Crippen LogP contribution in [0.3, 0.4) is 0 Å². The van der Waals surface area contributed by atoms with Crippen molar-refractivity contribution in [2.45, 2.75) is 10.9 Å². The van der Waals surface area contributed by atoms with E-state index in [4.69, 9.17) is 0 Å². The van der Waals surface area contributed by atoms with Crippen molar-refractivity contribution in [2.24, 2.45) is 0 Å². The summed E-state index contributed by atoms with van der Waals surface area (Å²) in [5, 5.41) is 0. The fourth-order valence-corrected chi connectivity index (χ4v) is 3.63. The summed E-state index contributed by atoms with van der Waals surface area (Å²) < 4.78 is 39.6. The van der Waals surface area contributed by atoms with E-state index in [0.29, 0.717) is 11.1 Å². The van der Waals surface area contributed by atoms with Gasteiger partial charge in [0.15, 0.2) is 0 Å². The molecule has 5 heteroatoms. The molecule has 1 N–H and O–H groups in total. The lowest BCUT2D eigenvalue weighted by Gasteiger charge is -2.10. The summed E-state index contributed by atoms with van der Waals surface area (Å²) in [6, 6.07) is 12.2. The van der Waals surface area contributed by atoms with Crippen LogP contribution in [-0.4, -0.2) is 8.42 Å². The van der Waals surface area contributed by atoms with E-state index in [9.17, 15) is 12.8 Å². The van der Waals surface area contributed by atoms with Crippen LogP contribution in [0, 0.1) is 5.82 Å². The Hall–Kier alpha value is -1.72. The highest BCUT2D eigenvalue weighted by molar-refractivity contribution is 7.89. The molecule has 0 spiro atoms. The molecule has 3 nitrogen and oxygen atoms in total. The van der Waals surface area contributed by atoms with Gasteiger partial charge >= 0.3 is 0 Å². The summed E-state index contributed by atoms with van der Waals surface area (Å²) >= 11 is 0. The second-order valence-corrected chi connectivity index (χ2v) is 5.83. The van der Waals surface area contributed by atoms with Crippen molar-refractivity contribution >= 4 is 10.0 Å². The zero-order valence-corrected chi connectivity index (χ0v) is 10.1. The minimum Gasteiger partial charge on any atom is -0.207 e. The Morgan fingerprint density at radius 1 is 1.06 bits per heavy atom. The highest BCUT2D eigenvalue weighted by Crippen LogP contribution is 2.34. The Bertz CT molecular complexity index is 712. The smallest absolute Gasteiger partial charge is 0.207 e. The van der Waals surface area contributed by atoms with Gasteiger partial charge < -0.3 is 0 Å². The fourth-order valence-electron chi connectivity index (χ4n) is 2.18. The molecule has 92 valence electrons. The van der Waals surface area contributed by atoms with Crippen LogP contribution in [0.4, 0.5) is 4.39 Å². The first-order valence-electron chi connectivity index (χ1n) is 5.45. The maximum absolute atomic E-state index is 13.2. The highest BCUT2D eigenvalue weighted by atomic mass is 32.2. The lowest BCUT2D eigenvalue weighted by molar-refractivity contribution is 0.583. The quantitative estimate of drug-likeness (QED) is 0.857. The molecule has 2 aromatic rings. The Morgan fingerprint density at radius 3 is 2.61 bits per heavy atom. The minimum absolute atomic E-state index is 0.263. The first-order valence-corrected chi connectivity index (χ1v) is 6.93. The molecule has 0 amide bonds. The van der Waals surface area contributed by atoms with E-state index in [-0.39, 0.29) is 10.7 Å². The Kier molecular flexibility index (Phi) is 2.46. The van der Waals surface area contributed by atoms with Crippen LogP contribution in [0.5, 0.6) is 0 Å². The van der Waals surface area contributed by atoms with Crippen molar-refractivity contribution in [1.29, 1.82) is 0 Å². The third kappa shape index (κ3) is 1.72. The summed E-state index contributed by atoms with van der Waals surface area (Å²) in [6.07, 6.45) is 0. The van der Waals surface area contributed by atoms with E-state index in [2.05, 4.69) is 4.72 Å². The van der Waals surface area contributed by atoms with Crippen LogP contribution in [-0.2, 0) is 10.0 Å². The molecule has 1 heterocycles. The number of halogens is 1. The standard InChI is InChI=1S/C13H10FNO2S/c14-10-5-3-4-9(8-10)13-11-6-1-2-7-12(11)18(16,17)15-13/h1-8,13,15H. The molecule has 0 bridgehead atoms. The number of hydrogen-bond acceptors (Lipinski definition) is 2. The monoisotopic (exact) mass is 263 g/mol. The summed E-state index contributed by atoms with van der Waals surface area (Å²) in [5.74, 6) is -0.379. The van der Waals surface area contributed by atoms with Crippen LogP contribution >= 0.6 is 0 Å². The van der Waals surface area contributed by atoms with Crippen molar-refractivity contribution in [2.75, 3.05) is 0 Å². The van der Waals surface area contributed by atoms with Crippen LogP contribution in [0.1, 0.15) is 17.2 Å². The molecule has 0 aromatic heterocycles. The van der Waals surface area contributed by atoms with E-state index in [1.807, 2.05) is 0 Å². The minimum atomic E-state index is -3.49. The van der Waals surface area contributed by atoms with Crippen molar-refractivity contribution in [3.05, 3.63) is 65.5 Å². The Morgan fingerprint density at radius 2 is 1.83 bits per heavy atom. The number of fused-ring (bicyclic) bond motifs is 1. The van der Waals surface area contributed by atoms with E-state index in [1.54, 1.807) is 36.4 Å². The second-order valence-electron chi connectivity index (χ2n) is 4.15. The molecular weight excluding hydrogens is 253 g/mol. The number of benzene rings is 2. The molecule has 0 saturated heterocycles. The first kappa shape index (κ1) is 11.4. The SMILES string of the molecule is O=S1(=O)NC(c2cccc(F)c2)c2ccccc21. The normalized spacial score (nSPS) is 20.6. The van der Waals surface area contributed by atoms with Crippen LogP contribution in [0.25, 0.3) is 0 Å². The zero-order chi connectivity index (χ0) is 12.8. The summed E-state index contributed by atoms with van der Waals surface area (Å²) in [5.41, 5.74) is 1.26. The Balaban J connectivity index is 2.18. The number of nitrogens with one attached hydrogen (secondary N) is 1. The maximum atomic E-state index is 13.2. The average molecular weight is 263 g/mol. The van der Waals surface area contributed by atoms with Crippen molar-refractivity contribution in [1.82, 2.24) is 4.72 Å². The summed E-state index contributed by atoms with van der Waals surface area (Å²) in [4.78, 5) is 0.263. The molecule has 1 atom stereocenters. The predicted octanol–water partition coefficient (Wildman–Crippen LogP) is 2.21. The molecule has 0 fully saturated rings. The van der Waals surface area contributed by atoms with Crippen LogP contribution < -0.4 is 4.72 Å². The number of rotatable bonds is 1. The van der Waals surface area contributed by atoms with Gasteiger partial charge in [0.2, 0.25) is 10.0 Å². The van der Waals surface area contributed by atoms with E-state index in [0.717, 1.165) is 0 Å². The molecule has 1 aliphatic rings. The second kappa shape index (κ2) is 3.90. The van der Waals surface area contributed by atoms with Crippen molar-refractivity contribution in [3.63, 3.8) is 0 Å². The third-order valence-corrected chi connectivity index (χ3v) is 4.47. The van der Waals surface area contributed by atoms with Gasteiger partial charge in [-0.2, -0.15) is 4.72 Å². The molecule has 0 saturated carbocycles. The topological polar surface area (TPSA) is 46.2 Å². The zero-order valence-electron chi connectivity index (χ0n) is 9.30. The summed E-state index contributed by atoms with van der Waals surface area (Å²) in [6.45, 7) is 0. The van der Waals surface area contributed by atoms with Gasteiger partial charge in [0, 0.05) is 0 Å². The summed E-state index contributed by atoms with van der Waals surface area (Å²) in [7, 11) is -3.49. The van der Waals surface area contributed by atoms with Gasteiger partial charge in [-0.25, -0.2) is 12.8 Å². The van der Waals surface area contributed by atoms with Gasteiger partial charge in [0.25, 0.3) is 0 Å². The predicted molar refractivity (Wildman–Crippen MR) is 65.0 cm³/mol. The lowest BCUT2D eigenvalue weighted by Crippen LogP contribution is -2.20. The molecule has 2 aromatic carbocycles. The van der Waals surface area contributed by atoms with Crippen molar-refractivity contribution in [3.8, 4) is 0 Å². The van der Waals surface area contributed by atoms with Crippen molar-refractivity contribution < 1.29 is 12.8 Å².